The van der Waals surface area contributed by atoms with Gasteiger partial charge in [-0.2, -0.15) is 4.98 Å². The average molecular weight is 349 g/mol. The number of aryl methyl sites for hydroxylation is 1. The van der Waals surface area contributed by atoms with Crippen LogP contribution in [0.25, 0.3) is 0 Å². The third-order valence-corrected chi connectivity index (χ3v) is 3.57. The number of aromatic nitrogens is 3. The van der Waals surface area contributed by atoms with E-state index >= 15 is 0 Å². The van der Waals surface area contributed by atoms with Crippen molar-refractivity contribution in [2.75, 3.05) is 17.7 Å². The molecule has 0 aliphatic rings. The molecule has 0 fully saturated rings. The summed E-state index contributed by atoms with van der Waals surface area (Å²) in [5.74, 6) is 0.738. The molecule has 0 saturated heterocycles. The lowest BCUT2D eigenvalue weighted by Crippen LogP contribution is -2.07. The van der Waals surface area contributed by atoms with Gasteiger partial charge in [0.2, 0.25) is 5.95 Å². The van der Waals surface area contributed by atoms with E-state index in [2.05, 4.69) is 25.6 Å². The summed E-state index contributed by atoms with van der Waals surface area (Å²) >= 11 is 0. The summed E-state index contributed by atoms with van der Waals surface area (Å²) in [7, 11) is 1.35. The Morgan fingerprint density at radius 1 is 1.12 bits per heavy atom. The molecule has 0 bridgehead atoms. The lowest BCUT2D eigenvalue weighted by molar-refractivity contribution is 0.0601. The number of ether oxygens (including phenoxy) is 1. The Morgan fingerprint density at radius 3 is 2.77 bits per heavy atom. The van der Waals surface area contributed by atoms with Gasteiger partial charge in [0.05, 0.1) is 24.9 Å². The maximum Gasteiger partial charge on any atom is 0.337 e. The third-order valence-electron chi connectivity index (χ3n) is 3.57. The van der Waals surface area contributed by atoms with Crippen LogP contribution in [0.15, 0.2) is 54.7 Å². The zero-order valence-corrected chi connectivity index (χ0v) is 14.6. The first kappa shape index (κ1) is 17.3. The molecular weight excluding hydrogens is 330 g/mol. The van der Waals surface area contributed by atoms with Crippen molar-refractivity contribution in [3.63, 3.8) is 0 Å². The van der Waals surface area contributed by atoms with E-state index in [9.17, 15) is 4.79 Å². The molecule has 0 radical (unpaired) electrons. The minimum atomic E-state index is -0.392. The van der Waals surface area contributed by atoms with E-state index in [1.165, 1.54) is 7.11 Å². The van der Waals surface area contributed by atoms with Crippen LogP contribution in [0.4, 0.5) is 17.5 Å². The Kier molecular flexibility index (Phi) is 5.38. The number of nitrogens with zero attached hydrogens (tertiary/aromatic N) is 3. The standard InChI is InChI=1S/C19H19N5O2/c1-13-10-17(21-12-16-7-3-4-9-20-16)24-19(22-13)23-15-8-5-6-14(11-15)18(25)26-2/h3-11H,12H2,1-2H3,(H2,21,22,23,24). The Balaban J connectivity index is 1.74. The smallest absolute Gasteiger partial charge is 0.337 e. The number of nitrogens with one attached hydrogen (secondary N) is 2. The fourth-order valence-corrected chi connectivity index (χ4v) is 2.37. The molecule has 0 aliphatic heterocycles. The molecule has 2 heterocycles. The zero-order chi connectivity index (χ0) is 18.4. The van der Waals surface area contributed by atoms with Crippen LogP contribution >= 0.6 is 0 Å². The van der Waals surface area contributed by atoms with Gasteiger partial charge in [0.1, 0.15) is 5.82 Å². The number of esters is 1. The van der Waals surface area contributed by atoms with E-state index in [0.29, 0.717) is 29.6 Å². The van der Waals surface area contributed by atoms with Gasteiger partial charge in [0, 0.05) is 23.6 Å². The fourth-order valence-electron chi connectivity index (χ4n) is 2.37. The summed E-state index contributed by atoms with van der Waals surface area (Å²) in [5.41, 5.74) is 2.90. The lowest BCUT2D eigenvalue weighted by atomic mass is 10.2. The van der Waals surface area contributed by atoms with Crippen LogP contribution in [0, 0.1) is 6.92 Å². The van der Waals surface area contributed by atoms with Gasteiger partial charge < -0.3 is 15.4 Å². The number of benzene rings is 1. The second kappa shape index (κ2) is 8.06. The molecule has 0 spiro atoms. The van der Waals surface area contributed by atoms with Crippen molar-refractivity contribution in [3.8, 4) is 0 Å². The molecule has 0 aliphatic carbocycles. The van der Waals surface area contributed by atoms with Crippen LogP contribution in [0.1, 0.15) is 21.7 Å². The normalized spacial score (nSPS) is 10.2. The number of pyridine rings is 1. The van der Waals surface area contributed by atoms with Crippen LogP contribution in [-0.2, 0) is 11.3 Å². The highest BCUT2D eigenvalue weighted by Gasteiger charge is 2.08. The summed E-state index contributed by atoms with van der Waals surface area (Å²) < 4.78 is 4.74. The highest BCUT2D eigenvalue weighted by Crippen LogP contribution is 2.18. The number of hydrogen-bond acceptors (Lipinski definition) is 7. The molecule has 132 valence electrons. The Morgan fingerprint density at radius 2 is 2.00 bits per heavy atom. The first-order valence-electron chi connectivity index (χ1n) is 8.09. The van der Waals surface area contributed by atoms with Crippen LogP contribution in [0.5, 0.6) is 0 Å². The molecule has 0 unspecified atom stereocenters. The van der Waals surface area contributed by atoms with Crippen molar-refractivity contribution in [2.45, 2.75) is 13.5 Å². The van der Waals surface area contributed by atoms with E-state index < -0.39 is 5.97 Å². The van der Waals surface area contributed by atoms with Gasteiger partial charge in [-0.1, -0.05) is 12.1 Å². The van der Waals surface area contributed by atoms with E-state index in [1.54, 1.807) is 24.4 Å². The largest absolute Gasteiger partial charge is 0.465 e. The van der Waals surface area contributed by atoms with Crippen LogP contribution in [0.2, 0.25) is 0 Å². The fraction of sp³-hybridized carbons (Fsp3) is 0.158. The molecule has 1 aromatic carbocycles. The number of rotatable bonds is 6. The molecule has 0 amide bonds. The number of carbonyl (C=O) groups excluding carboxylic acids is 1. The summed E-state index contributed by atoms with van der Waals surface area (Å²) in [4.78, 5) is 24.8. The van der Waals surface area contributed by atoms with Gasteiger partial charge in [-0.15, -0.1) is 0 Å². The predicted octanol–water partition coefficient (Wildman–Crippen LogP) is 3.32. The summed E-state index contributed by atoms with van der Waals surface area (Å²) in [5, 5.41) is 6.36. The first-order chi connectivity index (χ1) is 12.6. The number of carbonyl (C=O) groups is 1. The van der Waals surface area contributed by atoms with Crippen LogP contribution in [0.3, 0.4) is 0 Å². The first-order valence-corrected chi connectivity index (χ1v) is 8.09. The molecule has 7 nitrogen and oxygen atoms in total. The van der Waals surface area contributed by atoms with E-state index in [1.807, 2.05) is 37.3 Å². The van der Waals surface area contributed by atoms with Crippen molar-refractivity contribution in [2.24, 2.45) is 0 Å². The van der Waals surface area contributed by atoms with Crippen molar-refractivity contribution >= 4 is 23.4 Å². The monoisotopic (exact) mass is 349 g/mol. The summed E-state index contributed by atoms with van der Waals surface area (Å²) in [6, 6.07) is 14.6. The molecule has 2 N–H and O–H groups in total. The van der Waals surface area contributed by atoms with E-state index in [4.69, 9.17) is 4.74 Å². The SMILES string of the molecule is COC(=O)c1cccc(Nc2nc(C)cc(NCc3ccccn3)n2)c1. The number of anilines is 3. The van der Waals surface area contributed by atoms with Crippen molar-refractivity contribution in [1.29, 1.82) is 0 Å². The average Bonchev–Trinajstić information content (AvgIpc) is 2.66. The van der Waals surface area contributed by atoms with Gasteiger partial charge in [-0.25, -0.2) is 9.78 Å². The highest BCUT2D eigenvalue weighted by atomic mass is 16.5. The molecule has 26 heavy (non-hydrogen) atoms. The molecule has 3 aromatic rings. The number of hydrogen-bond donors (Lipinski definition) is 2. The van der Waals surface area contributed by atoms with Gasteiger partial charge in [0.15, 0.2) is 0 Å². The Labute approximate surface area is 151 Å². The quantitative estimate of drug-likeness (QED) is 0.660. The van der Waals surface area contributed by atoms with E-state index in [-0.39, 0.29) is 0 Å². The highest BCUT2D eigenvalue weighted by molar-refractivity contribution is 5.90. The summed E-state index contributed by atoms with van der Waals surface area (Å²) in [6.07, 6.45) is 1.75. The molecule has 2 aromatic heterocycles. The van der Waals surface area contributed by atoms with E-state index in [0.717, 1.165) is 11.4 Å². The topological polar surface area (TPSA) is 89.0 Å². The van der Waals surface area contributed by atoms with Gasteiger partial charge in [0.25, 0.3) is 0 Å². The van der Waals surface area contributed by atoms with Crippen LogP contribution in [-0.4, -0.2) is 28.0 Å². The predicted molar refractivity (Wildman–Crippen MR) is 99.4 cm³/mol. The molecule has 7 heteroatoms. The number of methoxy groups -OCH3 is 1. The van der Waals surface area contributed by atoms with Crippen LogP contribution < -0.4 is 10.6 Å². The molecule has 3 rings (SSSR count). The van der Waals surface area contributed by atoms with Gasteiger partial charge in [-0.3, -0.25) is 4.98 Å². The molecule has 0 atom stereocenters. The van der Waals surface area contributed by atoms with Gasteiger partial charge in [-0.05, 0) is 37.3 Å². The van der Waals surface area contributed by atoms with Gasteiger partial charge >= 0.3 is 5.97 Å². The second-order valence-electron chi connectivity index (χ2n) is 5.59. The molecule has 0 saturated carbocycles. The molecular formula is C19H19N5O2. The summed E-state index contributed by atoms with van der Waals surface area (Å²) in [6.45, 7) is 2.46. The maximum atomic E-state index is 11.6. The minimum absolute atomic E-state index is 0.392. The zero-order valence-electron chi connectivity index (χ0n) is 14.6. The maximum absolute atomic E-state index is 11.6. The van der Waals surface area contributed by atoms with Crippen molar-refractivity contribution in [3.05, 3.63) is 71.7 Å². The van der Waals surface area contributed by atoms with Crippen molar-refractivity contribution in [1.82, 2.24) is 15.0 Å². The minimum Gasteiger partial charge on any atom is -0.465 e. The second-order valence-corrected chi connectivity index (χ2v) is 5.59. The van der Waals surface area contributed by atoms with Crippen molar-refractivity contribution < 1.29 is 9.53 Å². The Bertz CT molecular complexity index is 899. The lowest BCUT2D eigenvalue weighted by Gasteiger charge is -2.10. The Hall–Kier alpha value is -3.48. The third kappa shape index (κ3) is 4.54.